The molecular formula is C37H36F6O. The normalized spacial score (nSPS) is 18.8. The fraction of sp³-hybridized carbons (Fsp3) is 0.351. The Bertz CT molecular complexity index is 1620. The first-order valence-corrected chi connectivity index (χ1v) is 15.3. The maximum atomic E-state index is 15.4. The van der Waals surface area contributed by atoms with Crippen molar-refractivity contribution < 1.29 is 31.1 Å². The van der Waals surface area contributed by atoms with Gasteiger partial charge in [-0.25, -0.2) is 22.0 Å². The van der Waals surface area contributed by atoms with Crippen LogP contribution in [0, 0.1) is 34.9 Å². The largest absolute Gasteiger partial charge is 0.491 e. The van der Waals surface area contributed by atoms with Crippen LogP contribution in [0.15, 0.2) is 60.7 Å². The second-order valence-corrected chi connectivity index (χ2v) is 11.5. The van der Waals surface area contributed by atoms with Crippen molar-refractivity contribution in [3.8, 4) is 5.75 Å². The third-order valence-corrected chi connectivity index (χ3v) is 8.86. The molecule has 0 N–H and O–H groups in total. The number of benzene rings is 3. The molecule has 0 amide bonds. The molecule has 2 unspecified atom stereocenters. The minimum Gasteiger partial charge on any atom is -0.491 e. The van der Waals surface area contributed by atoms with E-state index in [4.69, 9.17) is 4.74 Å². The maximum absolute atomic E-state index is 15.4. The molecule has 1 nitrogen and oxygen atoms in total. The molecule has 0 heterocycles. The zero-order chi connectivity index (χ0) is 31.4. The van der Waals surface area contributed by atoms with Crippen LogP contribution in [0.1, 0.15) is 98.4 Å². The summed E-state index contributed by atoms with van der Waals surface area (Å²) in [6, 6.07) is 9.36. The number of ether oxygens (including phenoxy) is 1. The van der Waals surface area contributed by atoms with E-state index in [1.54, 1.807) is 43.3 Å². The summed E-state index contributed by atoms with van der Waals surface area (Å²) >= 11 is 0. The van der Waals surface area contributed by atoms with Gasteiger partial charge in [-0.1, -0.05) is 54.6 Å². The van der Waals surface area contributed by atoms with Crippen molar-refractivity contribution in [2.75, 3.05) is 6.61 Å². The van der Waals surface area contributed by atoms with Crippen molar-refractivity contribution in [3.05, 3.63) is 123 Å². The average molecular weight is 611 g/mol. The molecule has 0 saturated carbocycles. The molecule has 0 aliphatic heterocycles. The van der Waals surface area contributed by atoms with Gasteiger partial charge in [-0.2, -0.15) is 4.39 Å². The first-order chi connectivity index (χ1) is 21.2. The molecule has 5 rings (SSSR count). The summed E-state index contributed by atoms with van der Waals surface area (Å²) in [5.74, 6) is -6.20. The Morgan fingerprint density at radius 3 is 1.77 bits per heavy atom. The van der Waals surface area contributed by atoms with Gasteiger partial charge in [-0.15, -0.1) is 0 Å². The topological polar surface area (TPSA) is 9.23 Å². The second-order valence-electron chi connectivity index (χ2n) is 11.5. The third-order valence-electron chi connectivity index (χ3n) is 8.86. The van der Waals surface area contributed by atoms with Gasteiger partial charge < -0.3 is 4.74 Å². The number of hydrogen-bond acceptors (Lipinski definition) is 1. The van der Waals surface area contributed by atoms with Gasteiger partial charge in [0.15, 0.2) is 34.8 Å². The van der Waals surface area contributed by atoms with E-state index in [-0.39, 0.29) is 46.4 Å². The van der Waals surface area contributed by atoms with E-state index in [0.717, 1.165) is 0 Å². The van der Waals surface area contributed by atoms with E-state index < -0.39 is 34.9 Å². The molecule has 2 aliphatic carbocycles. The summed E-state index contributed by atoms with van der Waals surface area (Å²) in [5.41, 5.74) is 2.52. The summed E-state index contributed by atoms with van der Waals surface area (Å²) in [5, 5.41) is 0. The quantitative estimate of drug-likeness (QED) is 0.173. The zero-order valence-electron chi connectivity index (χ0n) is 25.0. The van der Waals surface area contributed by atoms with Gasteiger partial charge in [0.05, 0.1) is 6.61 Å². The Hall–Kier alpha value is -3.74. The van der Waals surface area contributed by atoms with Gasteiger partial charge in [0, 0.05) is 11.1 Å². The minimum absolute atomic E-state index is 0.131. The van der Waals surface area contributed by atoms with Crippen LogP contribution in [-0.2, 0) is 6.42 Å². The Morgan fingerprint density at radius 2 is 1.23 bits per heavy atom. The standard InChI is InChI=1S/C37H36F6O/c1-3-5-6-7-26-16-17-27(33(39)32(26)38)22-8-10-23(11-9-22)28-18-19-29(35(41)34(28)40)24-12-14-25(15-13-24)30-20-21-31(44-4-2)37(43)36(30)42/h3,5,8,12,16-21,23,25H,4,6-7,9-11,13-15H2,1-2H3/b5-3+. The minimum atomic E-state index is -1.02. The first kappa shape index (κ1) is 31.7. The van der Waals surface area contributed by atoms with Crippen LogP contribution in [-0.4, -0.2) is 6.61 Å². The second kappa shape index (κ2) is 13.9. The summed E-state index contributed by atoms with van der Waals surface area (Å²) in [4.78, 5) is 0. The highest BCUT2D eigenvalue weighted by Gasteiger charge is 2.28. The molecule has 0 spiro atoms. The molecule has 232 valence electrons. The van der Waals surface area contributed by atoms with Crippen molar-refractivity contribution in [2.45, 2.75) is 77.0 Å². The Labute approximate surface area is 255 Å². The molecule has 44 heavy (non-hydrogen) atoms. The molecule has 2 atom stereocenters. The van der Waals surface area contributed by atoms with Crippen LogP contribution < -0.4 is 4.74 Å². The summed E-state index contributed by atoms with van der Waals surface area (Å²) < 4.78 is 94.7. The number of aryl methyl sites for hydroxylation is 1. The predicted octanol–water partition coefficient (Wildman–Crippen LogP) is 11.1. The Kier molecular flexibility index (Phi) is 10.0. The maximum Gasteiger partial charge on any atom is 0.200 e. The molecule has 0 aromatic heterocycles. The molecule has 3 aromatic rings. The van der Waals surface area contributed by atoms with Gasteiger partial charge in [0.2, 0.25) is 5.82 Å². The van der Waals surface area contributed by atoms with Gasteiger partial charge in [0.1, 0.15) is 0 Å². The predicted molar refractivity (Wildman–Crippen MR) is 163 cm³/mol. The molecular weight excluding hydrogens is 574 g/mol. The van der Waals surface area contributed by atoms with E-state index in [1.807, 2.05) is 19.1 Å². The highest BCUT2D eigenvalue weighted by molar-refractivity contribution is 5.69. The van der Waals surface area contributed by atoms with Crippen molar-refractivity contribution >= 4 is 11.1 Å². The lowest BCUT2D eigenvalue weighted by Gasteiger charge is -2.26. The molecule has 0 saturated heterocycles. The number of allylic oxidation sites excluding steroid dienone is 6. The van der Waals surface area contributed by atoms with E-state index in [2.05, 4.69) is 0 Å². The molecule has 0 radical (unpaired) electrons. The van der Waals surface area contributed by atoms with Crippen LogP contribution in [0.3, 0.4) is 0 Å². The first-order valence-electron chi connectivity index (χ1n) is 15.3. The summed E-state index contributed by atoms with van der Waals surface area (Å²) in [7, 11) is 0. The molecule has 7 heteroatoms. The lowest BCUT2D eigenvalue weighted by Crippen LogP contribution is -2.11. The molecule has 2 aliphatic rings. The molecule has 0 fully saturated rings. The molecule has 3 aromatic carbocycles. The summed E-state index contributed by atoms with van der Waals surface area (Å²) in [6.45, 7) is 3.79. The third kappa shape index (κ3) is 6.38. The fourth-order valence-electron chi connectivity index (χ4n) is 6.42. The summed E-state index contributed by atoms with van der Waals surface area (Å²) in [6.07, 6.45) is 10.9. The Balaban J connectivity index is 1.28. The zero-order valence-corrected chi connectivity index (χ0v) is 25.0. The lowest BCUT2D eigenvalue weighted by molar-refractivity contribution is 0.312. The van der Waals surface area contributed by atoms with Crippen LogP contribution in [0.2, 0.25) is 0 Å². The van der Waals surface area contributed by atoms with Crippen LogP contribution in [0.4, 0.5) is 26.3 Å². The van der Waals surface area contributed by atoms with Crippen LogP contribution in [0.5, 0.6) is 5.75 Å². The highest BCUT2D eigenvalue weighted by Crippen LogP contribution is 2.42. The van der Waals surface area contributed by atoms with Crippen LogP contribution in [0.25, 0.3) is 11.1 Å². The monoisotopic (exact) mass is 610 g/mol. The van der Waals surface area contributed by atoms with E-state index in [0.29, 0.717) is 68.1 Å². The smallest absolute Gasteiger partial charge is 0.200 e. The van der Waals surface area contributed by atoms with E-state index in [9.17, 15) is 17.6 Å². The van der Waals surface area contributed by atoms with Crippen molar-refractivity contribution in [1.82, 2.24) is 0 Å². The lowest BCUT2D eigenvalue weighted by atomic mass is 9.80. The number of hydrogen-bond donors (Lipinski definition) is 0. The van der Waals surface area contributed by atoms with Crippen molar-refractivity contribution in [1.29, 1.82) is 0 Å². The van der Waals surface area contributed by atoms with E-state index in [1.165, 1.54) is 12.1 Å². The fourth-order valence-corrected chi connectivity index (χ4v) is 6.42. The number of halogens is 6. The van der Waals surface area contributed by atoms with Gasteiger partial charge >= 0.3 is 0 Å². The van der Waals surface area contributed by atoms with Crippen LogP contribution >= 0.6 is 0 Å². The van der Waals surface area contributed by atoms with E-state index >= 15 is 8.78 Å². The average Bonchev–Trinajstić information content (AvgIpc) is 3.03. The van der Waals surface area contributed by atoms with Gasteiger partial charge in [-0.3, -0.25) is 0 Å². The Morgan fingerprint density at radius 1 is 0.682 bits per heavy atom. The molecule has 0 bridgehead atoms. The number of rotatable bonds is 9. The van der Waals surface area contributed by atoms with Crippen molar-refractivity contribution in [3.63, 3.8) is 0 Å². The van der Waals surface area contributed by atoms with Crippen molar-refractivity contribution in [2.24, 2.45) is 0 Å². The SMILES string of the molecule is C/C=C/CCc1ccc(C2=CCC(c3ccc(C4=CCC(c5ccc(OCC)c(F)c5F)CC4)c(F)c3F)CC2)c(F)c1F. The van der Waals surface area contributed by atoms with Gasteiger partial charge in [0.25, 0.3) is 0 Å². The highest BCUT2D eigenvalue weighted by atomic mass is 19.2. The van der Waals surface area contributed by atoms with Gasteiger partial charge in [-0.05, 0) is 111 Å².